The molecule has 2 aromatic rings. The van der Waals surface area contributed by atoms with E-state index in [1.807, 2.05) is 0 Å². The molecule has 25 heavy (non-hydrogen) atoms. The molecule has 0 aliphatic heterocycles. The molecule has 0 aliphatic carbocycles. The Balaban J connectivity index is 2.04. The molecule has 0 fully saturated rings. The van der Waals surface area contributed by atoms with Gasteiger partial charge in [-0.25, -0.2) is 13.2 Å². The van der Waals surface area contributed by atoms with Crippen molar-refractivity contribution in [3.05, 3.63) is 58.9 Å². The molecule has 2 aromatic carbocycles. The van der Waals surface area contributed by atoms with E-state index < -0.39 is 23.4 Å². The summed E-state index contributed by atoms with van der Waals surface area (Å²) < 4.78 is 39.6. The van der Waals surface area contributed by atoms with Crippen LogP contribution in [-0.4, -0.2) is 18.4 Å². The number of halogens is 4. The highest BCUT2D eigenvalue weighted by Crippen LogP contribution is 2.23. The molecule has 0 saturated carbocycles. The number of nitrogens with zero attached hydrogens (tertiary/aromatic N) is 1. The molecule has 8 heteroatoms. The molecule has 2 amide bonds. The largest absolute Gasteiger partial charge is 0.324 e. The highest BCUT2D eigenvalue weighted by molar-refractivity contribution is 6.31. The third-order valence-electron chi connectivity index (χ3n) is 3.36. The molecule has 1 N–H and O–H groups in total. The number of carbonyl (C=O) groups is 2. The van der Waals surface area contributed by atoms with Crippen LogP contribution in [0, 0.1) is 17.5 Å². The third-order valence-corrected chi connectivity index (χ3v) is 3.65. The number of nitrogens with one attached hydrogen (secondary N) is 1. The van der Waals surface area contributed by atoms with Crippen LogP contribution in [0.5, 0.6) is 0 Å². The van der Waals surface area contributed by atoms with E-state index in [1.54, 1.807) is 0 Å². The van der Waals surface area contributed by atoms with Gasteiger partial charge in [0.25, 0.3) is 0 Å². The lowest BCUT2D eigenvalue weighted by Crippen LogP contribution is -2.32. The predicted octanol–water partition coefficient (Wildman–Crippen LogP) is 4.14. The van der Waals surface area contributed by atoms with Gasteiger partial charge in [0.15, 0.2) is 0 Å². The van der Waals surface area contributed by atoms with Gasteiger partial charge in [0.2, 0.25) is 11.8 Å². The maximum Gasteiger partial charge on any atom is 0.226 e. The average molecular weight is 371 g/mol. The van der Waals surface area contributed by atoms with Gasteiger partial charge in [0.05, 0.1) is 10.7 Å². The molecule has 132 valence electrons. The molecule has 0 aromatic heterocycles. The summed E-state index contributed by atoms with van der Waals surface area (Å²) in [5, 5.41) is 2.15. The summed E-state index contributed by atoms with van der Waals surface area (Å²) >= 11 is 5.70. The maximum absolute atomic E-state index is 13.5. The van der Waals surface area contributed by atoms with Gasteiger partial charge in [0, 0.05) is 31.6 Å². The molecule has 0 radical (unpaired) electrons. The Morgan fingerprint density at radius 3 is 2.40 bits per heavy atom. The Labute approximate surface area is 147 Å². The number of carbonyl (C=O) groups excluding carboxylic acids is 2. The number of hydrogen-bond acceptors (Lipinski definition) is 2. The molecule has 2 rings (SSSR count). The zero-order valence-corrected chi connectivity index (χ0v) is 13.9. The van der Waals surface area contributed by atoms with E-state index in [0.29, 0.717) is 11.8 Å². The van der Waals surface area contributed by atoms with Crippen molar-refractivity contribution in [1.29, 1.82) is 0 Å². The predicted molar refractivity (Wildman–Crippen MR) is 89.0 cm³/mol. The Hall–Kier alpha value is -2.54. The maximum atomic E-state index is 13.5. The van der Waals surface area contributed by atoms with Crippen molar-refractivity contribution in [3.8, 4) is 0 Å². The minimum Gasteiger partial charge on any atom is -0.324 e. The standard InChI is InChI=1S/C17H14ClF3N2O2/c1-10(24)23(12-3-4-14(20)13(18)9-12)7-6-17(25)22-16-5-2-11(19)8-15(16)21/h2-5,8-9H,6-7H2,1H3,(H,22,25). The first-order chi connectivity index (χ1) is 11.8. The molecule has 0 saturated heterocycles. The fourth-order valence-electron chi connectivity index (χ4n) is 2.14. The topological polar surface area (TPSA) is 49.4 Å². The summed E-state index contributed by atoms with van der Waals surface area (Å²) in [6, 6.07) is 6.52. The Kier molecular flexibility index (Phi) is 6.03. The van der Waals surface area contributed by atoms with Crippen molar-refractivity contribution in [1.82, 2.24) is 0 Å². The zero-order valence-electron chi connectivity index (χ0n) is 13.2. The molecule has 0 heterocycles. The summed E-state index contributed by atoms with van der Waals surface area (Å²) in [6.07, 6.45) is -0.147. The first-order valence-electron chi connectivity index (χ1n) is 7.26. The molecule has 0 spiro atoms. The summed E-state index contributed by atoms with van der Waals surface area (Å²) in [5.41, 5.74) is 0.172. The molecular weight excluding hydrogens is 357 g/mol. The van der Waals surface area contributed by atoms with Crippen molar-refractivity contribution in [3.63, 3.8) is 0 Å². The van der Waals surface area contributed by atoms with Crippen molar-refractivity contribution in [2.45, 2.75) is 13.3 Å². The van der Waals surface area contributed by atoms with Crippen LogP contribution in [0.25, 0.3) is 0 Å². The SMILES string of the molecule is CC(=O)N(CCC(=O)Nc1ccc(F)cc1F)c1ccc(F)c(Cl)c1. The lowest BCUT2D eigenvalue weighted by molar-refractivity contribution is -0.117. The van der Waals surface area contributed by atoms with Gasteiger partial charge in [-0.2, -0.15) is 0 Å². The van der Waals surface area contributed by atoms with Gasteiger partial charge >= 0.3 is 0 Å². The van der Waals surface area contributed by atoms with Gasteiger partial charge < -0.3 is 10.2 Å². The van der Waals surface area contributed by atoms with Crippen LogP contribution in [0.15, 0.2) is 36.4 Å². The van der Waals surface area contributed by atoms with E-state index in [2.05, 4.69) is 5.32 Å². The first kappa shape index (κ1) is 18.8. The highest BCUT2D eigenvalue weighted by Gasteiger charge is 2.16. The minimum absolute atomic E-state index is 0.0219. The summed E-state index contributed by atoms with van der Waals surface area (Å²) in [4.78, 5) is 24.9. The van der Waals surface area contributed by atoms with E-state index in [0.717, 1.165) is 18.2 Å². The van der Waals surface area contributed by atoms with Crippen molar-refractivity contribution in [2.75, 3.05) is 16.8 Å². The number of benzene rings is 2. The highest BCUT2D eigenvalue weighted by atomic mass is 35.5. The van der Waals surface area contributed by atoms with Crippen LogP contribution in [0.4, 0.5) is 24.5 Å². The lowest BCUT2D eigenvalue weighted by atomic mass is 10.2. The summed E-state index contributed by atoms with van der Waals surface area (Å²) in [5.74, 6) is -3.22. The van der Waals surface area contributed by atoms with Crippen LogP contribution < -0.4 is 10.2 Å². The number of amides is 2. The molecular formula is C17H14ClF3N2O2. The number of anilines is 2. The Bertz CT molecular complexity index is 814. The van der Waals surface area contributed by atoms with Crippen LogP contribution in [0.2, 0.25) is 5.02 Å². The fourth-order valence-corrected chi connectivity index (χ4v) is 2.31. The van der Waals surface area contributed by atoms with E-state index in [1.165, 1.54) is 24.0 Å². The van der Waals surface area contributed by atoms with Gasteiger partial charge in [-0.3, -0.25) is 9.59 Å². The molecule has 0 bridgehead atoms. The van der Waals surface area contributed by atoms with E-state index in [-0.39, 0.29) is 29.6 Å². The van der Waals surface area contributed by atoms with Gasteiger partial charge in [0.1, 0.15) is 17.5 Å². The second-order valence-corrected chi connectivity index (χ2v) is 5.60. The van der Waals surface area contributed by atoms with Crippen molar-refractivity contribution in [2.24, 2.45) is 0 Å². The number of hydrogen-bond donors (Lipinski definition) is 1. The van der Waals surface area contributed by atoms with Gasteiger partial charge in [-0.05, 0) is 30.3 Å². The second-order valence-electron chi connectivity index (χ2n) is 5.19. The van der Waals surface area contributed by atoms with Crippen LogP contribution in [0.3, 0.4) is 0 Å². The smallest absolute Gasteiger partial charge is 0.226 e. The molecule has 0 aliphatic rings. The molecule has 0 unspecified atom stereocenters. The fraction of sp³-hybridized carbons (Fsp3) is 0.176. The van der Waals surface area contributed by atoms with Crippen molar-refractivity contribution < 1.29 is 22.8 Å². The summed E-state index contributed by atoms with van der Waals surface area (Å²) in [6.45, 7) is 1.26. The van der Waals surface area contributed by atoms with E-state index >= 15 is 0 Å². The summed E-state index contributed by atoms with van der Waals surface area (Å²) in [7, 11) is 0. The molecule has 0 atom stereocenters. The van der Waals surface area contributed by atoms with Crippen molar-refractivity contribution >= 4 is 34.8 Å². The van der Waals surface area contributed by atoms with E-state index in [9.17, 15) is 22.8 Å². The normalized spacial score (nSPS) is 10.4. The third kappa shape index (κ3) is 4.96. The zero-order chi connectivity index (χ0) is 18.6. The quantitative estimate of drug-likeness (QED) is 0.860. The van der Waals surface area contributed by atoms with Crippen LogP contribution >= 0.6 is 11.6 Å². The van der Waals surface area contributed by atoms with Crippen LogP contribution in [-0.2, 0) is 9.59 Å². The average Bonchev–Trinajstić information content (AvgIpc) is 2.53. The van der Waals surface area contributed by atoms with Gasteiger partial charge in [-0.1, -0.05) is 11.6 Å². The molecule has 4 nitrogen and oxygen atoms in total. The lowest BCUT2D eigenvalue weighted by Gasteiger charge is -2.21. The Morgan fingerprint density at radius 2 is 1.80 bits per heavy atom. The second kappa shape index (κ2) is 8.02. The van der Waals surface area contributed by atoms with Gasteiger partial charge in [-0.15, -0.1) is 0 Å². The Morgan fingerprint density at radius 1 is 1.08 bits per heavy atom. The van der Waals surface area contributed by atoms with E-state index in [4.69, 9.17) is 11.6 Å². The minimum atomic E-state index is -0.901. The number of rotatable bonds is 5. The first-order valence-corrected chi connectivity index (χ1v) is 7.64. The monoisotopic (exact) mass is 370 g/mol. The van der Waals surface area contributed by atoms with Crippen LogP contribution in [0.1, 0.15) is 13.3 Å².